The van der Waals surface area contributed by atoms with Crippen LogP contribution in [0.25, 0.3) is 0 Å². The van der Waals surface area contributed by atoms with E-state index in [4.69, 9.17) is 0 Å². The molecule has 0 radical (unpaired) electrons. The molecule has 0 aromatic carbocycles. The van der Waals surface area contributed by atoms with E-state index in [-0.39, 0.29) is 0 Å². The Bertz CT molecular complexity index is 251. The van der Waals surface area contributed by atoms with Gasteiger partial charge in [0.25, 0.3) is 0 Å². The number of rotatable bonds is 2. The lowest BCUT2D eigenvalue weighted by Crippen LogP contribution is -2.17. The summed E-state index contributed by atoms with van der Waals surface area (Å²) in [5.74, 6) is 0. The van der Waals surface area contributed by atoms with Gasteiger partial charge in [-0.2, -0.15) is 11.3 Å². The van der Waals surface area contributed by atoms with Crippen LogP contribution in [0.1, 0.15) is 19.3 Å². The molecule has 0 fully saturated rings. The van der Waals surface area contributed by atoms with E-state index in [1.807, 2.05) is 0 Å². The molecule has 1 N–H and O–H groups in total. The summed E-state index contributed by atoms with van der Waals surface area (Å²) in [7, 11) is 0. The number of hydrogen-bond donors (Lipinski definition) is 1. The van der Waals surface area contributed by atoms with E-state index in [0.29, 0.717) is 6.04 Å². The Labute approximate surface area is 77.1 Å². The summed E-state index contributed by atoms with van der Waals surface area (Å²) >= 11 is 1.74. The first-order chi connectivity index (χ1) is 5.95. The van der Waals surface area contributed by atoms with Gasteiger partial charge in [-0.05, 0) is 30.7 Å². The molecular formula is C10H13NS. The van der Waals surface area contributed by atoms with E-state index in [1.165, 1.54) is 24.9 Å². The zero-order valence-corrected chi connectivity index (χ0v) is 7.81. The second-order valence-electron chi connectivity index (χ2n) is 3.12. The maximum absolute atomic E-state index is 3.48. The zero-order valence-electron chi connectivity index (χ0n) is 6.99. The number of hydrogen-bond acceptors (Lipinski definition) is 2. The van der Waals surface area contributed by atoms with Crippen molar-refractivity contribution in [3.8, 4) is 0 Å². The number of thiophene rings is 1. The molecule has 0 spiro atoms. The molecule has 1 aliphatic carbocycles. The van der Waals surface area contributed by atoms with Crippen molar-refractivity contribution in [3.63, 3.8) is 0 Å². The van der Waals surface area contributed by atoms with Crippen LogP contribution >= 0.6 is 11.3 Å². The molecule has 2 heteroatoms. The van der Waals surface area contributed by atoms with E-state index < -0.39 is 0 Å². The third kappa shape index (κ3) is 1.89. The van der Waals surface area contributed by atoms with Gasteiger partial charge in [0.05, 0.1) is 0 Å². The van der Waals surface area contributed by atoms with Gasteiger partial charge in [0, 0.05) is 17.1 Å². The third-order valence-corrected chi connectivity index (χ3v) is 2.81. The highest BCUT2D eigenvalue weighted by molar-refractivity contribution is 7.08. The minimum atomic E-state index is 0.563. The molecule has 1 aliphatic rings. The lowest BCUT2D eigenvalue weighted by atomic mass is 10.0. The Morgan fingerprint density at radius 1 is 1.50 bits per heavy atom. The number of allylic oxidation sites excluding steroid dienone is 1. The predicted octanol–water partition coefficient (Wildman–Crippen LogP) is 3.27. The van der Waals surface area contributed by atoms with Crippen LogP contribution in [-0.2, 0) is 0 Å². The molecule has 1 aromatic rings. The average Bonchev–Trinajstić information content (AvgIpc) is 2.59. The van der Waals surface area contributed by atoms with Crippen LogP contribution in [0.2, 0.25) is 0 Å². The van der Waals surface area contributed by atoms with Crippen LogP contribution in [0.3, 0.4) is 0 Å². The molecule has 0 saturated heterocycles. The van der Waals surface area contributed by atoms with E-state index in [9.17, 15) is 0 Å². The molecule has 1 nitrogen and oxygen atoms in total. The summed E-state index contributed by atoms with van der Waals surface area (Å²) in [6.45, 7) is 0. The van der Waals surface area contributed by atoms with Gasteiger partial charge in [0.1, 0.15) is 0 Å². The van der Waals surface area contributed by atoms with Crippen molar-refractivity contribution < 1.29 is 0 Å². The average molecular weight is 179 g/mol. The number of anilines is 1. The van der Waals surface area contributed by atoms with Crippen molar-refractivity contribution in [1.29, 1.82) is 0 Å². The molecule has 0 bridgehead atoms. The van der Waals surface area contributed by atoms with E-state index >= 15 is 0 Å². The van der Waals surface area contributed by atoms with Gasteiger partial charge >= 0.3 is 0 Å². The standard InChI is InChI=1S/C10H13NS/c1-2-4-9(5-3-1)11-10-6-7-12-8-10/h2,4,6-9,11H,1,3,5H2. The molecular weight excluding hydrogens is 166 g/mol. The Hall–Kier alpha value is -0.760. The fraction of sp³-hybridized carbons (Fsp3) is 0.400. The van der Waals surface area contributed by atoms with Gasteiger partial charge in [-0.25, -0.2) is 0 Å². The normalized spacial score (nSPS) is 22.5. The molecule has 2 rings (SSSR count). The van der Waals surface area contributed by atoms with Gasteiger partial charge in [-0.15, -0.1) is 0 Å². The minimum Gasteiger partial charge on any atom is -0.378 e. The molecule has 1 aromatic heterocycles. The fourth-order valence-electron chi connectivity index (χ4n) is 1.49. The summed E-state index contributed by atoms with van der Waals surface area (Å²) in [6, 6.07) is 2.70. The Morgan fingerprint density at radius 2 is 2.50 bits per heavy atom. The molecule has 64 valence electrons. The summed E-state index contributed by atoms with van der Waals surface area (Å²) < 4.78 is 0. The zero-order chi connectivity index (χ0) is 8.23. The highest BCUT2D eigenvalue weighted by atomic mass is 32.1. The topological polar surface area (TPSA) is 12.0 Å². The van der Waals surface area contributed by atoms with Crippen LogP contribution in [0.4, 0.5) is 5.69 Å². The lowest BCUT2D eigenvalue weighted by molar-refractivity contribution is 0.674. The molecule has 1 heterocycles. The van der Waals surface area contributed by atoms with E-state index in [1.54, 1.807) is 11.3 Å². The van der Waals surface area contributed by atoms with Crippen molar-refractivity contribution in [2.24, 2.45) is 0 Å². The first-order valence-corrected chi connectivity index (χ1v) is 5.35. The monoisotopic (exact) mass is 179 g/mol. The second-order valence-corrected chi connectivity index (χ2v) is 3.90. The van der Waals surface area contributed by atoms with Crippen molar-refractivity contribution in [3.05, 3.63) is 29.0 Å². The Kier molecular flexibility index (Phi) is 2.47. The van der Waals surface area contributed by atoms with Crippen LogP contribution in [-0.4, -0.2) is 6.04 Å². The Balaban J connectivity index is 1.94. The minimum absolute atomic E-state index is 0.563. The van der Waals surface area contributed by atoms with Gasteiger partial charge in [-0.3, -0.25) is 0 Å². The van der Waals surface area contributed by atoms with Crippen molar-refractivity contribution in [1.82, 2.24) is 0 Å². The van der Waals surface area contributed by atoms with E-state index in [0.717, 1.165) is 0 Å². The highest BCUT2D eigenvalue weighted by Crippen LogP contribution is 2.18. The molecule has 0 aliphatic heterocycles. The smallest absolute Gasteiger partial charge is 0.0453 e. The molecule has 12 heavy (non-hydrogen) atoms. The SMILES string of the molecule is C1=CC(Nc2ccsc2)CCC1. The van der Waals surface area contributed by atoms with Crippen LogP contribution in [0.15, 0.2) is 29.0 Å². The molecule has 1 atom stereocenters. The van der Waals surface area contributed by atoms with Crippen molar-refractivity contribution in [2.75, 3.05) is 5.32 Å². The summed E-state index contributed by atoms with van der Waals surface area (Å²) in [5, 5.41) is 7.75. The fourth-order valence-corrected chi connectivity index (χ4v) is 2.09. The van der Waals surface area contributed by atoms with Gasteiger partial charge in [0.2, 0.25) is 0 Å². The van der Waals surface area contributed by atoms with Crippen LogP contribution < -0.4 is 5.32 Å². The van der Waals surface area contributed by atoms with Gasteiger partial charge in [-0.1, -0.05) is 12.2 Å². The van der Waals surface area contributed by atoms with E-state index in [2.05, 4.69) is 34.3 Å². The van der Waals surface area contributed by atoms with Crippen LogP contribution in [0, 0.1) is 0 Å². The Morgan fingerprint density at radius 3 is 3.17 bits per heavy atom. The molecule has 0 amide bonds. The second kappa shape index (κ2) is 3.76. The largest absolute Gasteiger partial charge is 0.378 e. The third-order valence-electron chi connectivity index (χ3n) is 2.13. The van der Waals surface area contributed by atoms with Gasteiger partial charge < -0.3 is 5.32 Å². The highest BCUT2D eigenvalue weighted by Gasteiger charge is 2.07. The maximum atomic E-state index is 3.48. The quantitative estimate of drug-likeness (QED) is 0.687. The van der Waals surface area contributed by atoms with Crippen molar-refractivity contribution >= 4 is 17.0 Å². The lowest BCUT2D eigenvalue weighted by Gasteiger charge is -2.17. The van der Waals surface area contributed by atoms with Crippen LogP contribution in [0.5, 0.6) is 0 Å². The molecule has 0 saturated carbocycles. The first-order valence-electron chi connectivity index (χ1n) is 4.40. The molecule has 1 unspecified atom stereocenters. The predicted molar refractivity (Wildman–Crippen MR) is 54.7 cm³/mol. The summed E-state index contributed by atoms with van der Waals surface area (Å²) in [5.41, 5.74) is 1.26. The van der Waals surface area contributed by atoms with Crippen molar-refractivity contribution in [2.45, 2.75) is 25.3 Å². The maximum Gasteiger partial charge on any atom is 0.0453 e. The number of nitrogens with one attached hydrogen (secondary N) is 1. The summed E-state index contributed by atoms with van der Waals surface area (Å²) in [6.07, 6.45) is 8.39. The van der Waals surface area contributed by atoms with Gasteiger partial charge in [0.15, 0.2) is 0 Å². The first kappa shape index (κ1) is 7.87. The summed E-state index contributed by atoms with van der Waals surface area (Å²) in [4.78, 5) is 0.